The molecule has 1 aromatic carbocycles. The van der Waals surface area contributed by atoms with E-state index in [1.165, 1.54) is 0 Å². The molecule has 21 heavy (non-hydrogen) atoms. The largest absolute Gasteiger partial charge is 0.473 e. The highest BCUT2D eigenvalue weighted by atomic mass is 35.5. The lowest BCUT2D eigenvalue weighted by molar-refractivity contribution is 0.293. The molecule has 0 amide bonds. The van der Waals surface area contributed by atoms with Crippen molar-refractivity contribution in [3.63, 3.8) is 0 Å². The Morgan fingerprint density at radius 3 is 2.62 bits per heavy atom. The molecule has 5 nitrogen and oxygen atoms in total. The summed E-state index contributed by atoms with van der Waals surface area (Å²) in [6, 6.07) is 11.9. The Kier molecular flexibility index (Phi) is 5.78. The van der Waals surface area contributed by atoms with Crippen molar-refractivity contribution in [1.82, 2.24) is 15.3 Å². The summed E-state index contributed by atoms with van der Waals surface area (Å²) in [6.07, 6.45) is 1.75. The van der Waals surface area contributed by atoms with Gasteiger partial charge in [0.15, 0.2) is 0 Å². The number of hydrogen-bond donors (Lipinski definition) is 1. The molecule has 0 radical (unpaired) electrons. The number of rotatable bonds is 4. The molecule has 0 bridgehead atoms. The number of aromatic nitrogens is 2. The van der Waals surface area contributed by atoms with Gasteiger partial charge in [-0.05, 0) is 5.56 Å². The standard InChI is InChI=1S/C15H18N4O.ClH/c1-2-4-13(5-3-1)12-20-14-6-7-17-15(18-14)19-10-8-16-9-11-19;/h1-7,16H,8-12H2;1H. The fourth-order valence-corrected chi connectivity index (χ4v) is 2.16. The fraction of sp³-hybridized carbons (Fsp3) is 0.333. The zero-order valence-corrected chi connectivity index (χ0v) is 12.6. The van der Waals surface area contributed by atoms with Crippen LogP contribution in [0.3, 0.4) is 0 Å². The van der Waals surface area contributed by atoms with Crippen molar-refractivity contribution in [2.24, 2.45) is 0 Å². The Balaban J connectivity index is 0.00000161. The SMILES string of the molecule is Cl.c1ccc(COc2ccnc(N3CCNCC3)n2)cc1. The van der Waals surface area contributed by atoms with Crippen molar-refractivity contribution >= 4 is 18.4 Å². The molecule has 0 saturated carbocycles. The molecule has 0 aliphatic carbocycles. The highest BCUT2D eigenvalue weighted by molar-refractivity contribution is 5.85. The third-order valence-electron chi connectivity index (χ3n) is 3.25. The minimum Gasteiger partial charge on any atom is -0.473 e. The summed E-state index contributed by atoms with van der Waals surface area (Å²) in [4.78, 5) is 11.0. The van der Waals surface area contributed by atoms with Crippen LogP contribution in [-0.4, -0.2) is 36.1 Å². The van der Waals surface area contributed by atoms with Gasteiger partial charge in [0.25, 0.3) is 0 Å². The monoisotopic (exact) mass is 306 g/mol. The molecular formula is C15H19ClN4O. The Labute approximate surface area is 130 Å². The van der Waals surface area contributed by atoms with E-state index in [0.29, 0.717) is 12.5 Å². The van der Waals surface area contributed by atoms with Crippen LogP contribution in [0.1, 0.15) is 5.56 Å². The maximum atomic E-state index is 5.73. The van der Waals surface area contributed by atoms with E-state index in [0.717, 1.165) is 37.7 Å². The molecular weight excluding hydrogens is 288 g/mol. The highest BCUT2D eigenvalue weighted by Crippen LogP contribution is 2.14. The minimum atomic E-state index is 0. The second-order valence-electron chi connectivity index (χ2n) is 4.71. The Morgan fingerprint density at radius 1 is 1.10 bits per heavy atom. The number of anilines is 1. The van der Waals surface area contributed by atoms with Crippen LogP contribution in [0.25, 0.3) is 0 Å². The molecule has 2 aromatic rings. The normalized spacial score (nSPS) is 14.4. The smallest absolute Gasteiger partial charge is 0.228 e. The topological polar surface area (TPSA) is 50.3 Å². The molecule has 0 spiro atoms. The van der Waals surface area contributed by atoms with Crippen LogP contribution >= 0.6 is 12.4 Å². The molecule has 6 heteroatoms. The average molecular weight is 307 g/mol. The zero-order chi connectivity index (χ0) is 13.6. The molecule has 1 N–H and O–H groups in total. The molecule has 2 heterocycles. The maximum absolute atomic E-state index is 5.73. The van der Waals surface area contributed by atoms with Crippen molar-refractivity contribution in [2.75, 3.05) is 31.1 Å². The van der Waals surface area contributed by atoms with Gasteiger partial charge in [0.1, 0.15) is 6.61 Å². The van der Waals surface area contributed by atoms with Gasteiger partial charge in [-0.2, -0.15) is 4.98 Å². The first-order valence-electron chi connectivity index (χ1n) is 6.87. The fourth-order valence-electron chi connectivity index (χ4n) is 2.16. The number of nitrogens with zero attached hydrogens (tertiary/aromatic N) is 3. The van der Waals surface area contributed by atoms with Gasteiger partial charge in [0, 0.05) is 38.4 Å². The lowest BCUT2D eigenvalue weighted by atomic mass is 10.2. The van der Waals surface area contributed by atoms with Crippen molar-refractivity contribution in [1.29, 1.82) is 0 Å². The lowest BCUT2D eigenvalue weighted by Crippen LogP contribution is -2.44. The van der Waals surface area contributed by atoms with Crippen LogP contribution in [0.2, 0.25) is 0 Å². The van der Waals surface area contributed by atoms with Crippen LogP contribution in [0.4, 0.5) is 5.95 Å². The average Bonchev–Trinajstić information content (AvgIpc) is 2.55. The first-order valence-corrected chi connectivity index (χ1v) is 6.87. The van der Waals surface area contributed by atoms with Crippen molar-refractivity contribution < 1.29 is 4.74 Å². The molecule has 1 aliphatic rings. The van der Waals surface area contributed by atoms with E-state index in [1.54, 1.807) is 12.3 Å². The Bertz CT molecular complexity index is 546. The van der Waals surface area contributed by atoms with Crippen LogP contribution in [0.15, 0.2) is 42.6 Å². The summed E-state index contributed by atoms with van der Waals surface area (Å²) in [7, 11) is 0. The summed E-state index contributed by atoms with van der Waals surface area (Å²) >= 11 is 0. The number of ether oxygens (including phenoxy) is 1. The summed E-state index contributed by atoms with van der Waals surface area (Å²) in [5.74, 6) is 1.37. The first-order chi connectivity index (χ1) is 9.92. The van der Waals surface area contributed by atoms with E-state index in [2.05, 4.69) is 20.2 Å². The van der Waals surface area contributed by atoms with Gasteiger partial charge in [-0.25, -0.2) is 4.98 Å². The van der Waals surface area contributed by atoms with Crippen LogP contribution in [0, 0.1) is 0 Å². The number of nitrogens with one attached hydrogen (secondary N) is 1. The molecule has 1 fully saturated rings. The van der Waals surface area contributed by atoms with Crippen molar-refractivity contribution in [3.05, 3.63) is 48.2 Å². The van der Waals surface area contributed by atoms with E-state index >= 15 is 0 Å². The van der Waals surface area contributed by atoms with Crippen LogP contribution in [-0.2, 0) is 6.61 Å². The summed E-state index contributed by atoms with van der Waals surface area (Å²) in [5, 5.41) is 3.32. The van der Waals surface area contributed by atoms with Gasteiger partial charge in [-0.15, -0.1) is 12.4 Å². The van der Waals surface area contributed by atoms with Crippen LogP contribution in [0.5, 0.6) is 5.88 Å². The Morgan fingerprint density at radius 2 is 1.86 bits per heavy atom. The van der Waals surface area contributed by atoms with Crippen molar-refractivity contribution in [3.8, 4) is 5.88 Å². The summed E-state index contributed by atoms with van der Waals surface area (Å²) in [6.45, 7) is 4.33. The van der Waals surface area contributed by atoms with Gasteiger partial charge >= 0.3 is 0 Å². The molecule has 3 rings (SSSR count). The quantitative estimate of drug-likeness (QED) is 0.935. The third-order valence-corrected chi connectivity index (χ3v) is 3.25. The van der Waals surface area contributed by atoms with Gasteiger partial charge in [-0.1, -0.05) is 30.3 Å². The van der Waals surface area contributed by atoms with E-state index in [1.807, 2.05) is 30.3 Å². The Hall–Kier alpha value is -1.85. The van der Waals surface area contributed by atoms with Crippen LogP contribution < -0.4 is 15.0 Å². The second-order valence-corrected chi connectivity index (χ2v) is 4.71. The predicted molar refractivity (Wildman–Crippen MR) is 85.1 cm³/mol. The van der Waals surface area contributed by atoms with Crippen molar-refractivity contribution in [2.45, 2.75) is 6.61 Å². The van der Waals surface area contributed by atoms with E-state index in [-0.39, 0.29) is 12.4 Å². The second kappa shape index (κ2) is 7.81. The molecule has 1 aliphatic heterocycles. The van der Waals surface area contributed by atoms with E-state index in [4.69, 9.17) is 4.74 Å². The molecule has 1 saturated heterocycles. The first kappa shape index (κ1) is 15.5. The molecule has 0 atom stereocenters. The number of halogens is 1. The number of benzene rings is 1. The maximum Gasteiger partial charge on any atom is 0.228 e. The molecule has 112 valence electrons. The van der Waals surface area contributed by atoms with E-state index < -0.39 is 0 Å². The number of piperazine rings is 1. The third kappa shape index (κ3) is 4.31. The summed E-state index contributed by atoms with van der Waals surface area (Å²) in [5.41, 5.74) is 1.13. The zero-order valence-electron chi connectivity index (χ0n) is 11.7. The molecule has 1 aromatic heterocycles. The van der Waals surface area contributed by atoms with E-state index in [9.17, 15) is 0 Å². The summed E-state index contributed by atoms with van der Waals surface area (Å²) < 4.78 is 5.73. The minimum absolute atomic E-state index is 0. The highest BCUT2D eigenvalue weighted by Gasteiger charge is 2.13. The predicted octanol–water partition coefficient (Wildman–Crippen LogP) is 1.89. The lowest BCUT2D eigenvalue weighted by Gasteiger charge is -2.27. The van der Waals surface area contributed by atoms with Gasteiger partial charge in [0.2, 0.25) is 11.8 Å². The number of hydrogen-bond acceptors (Lipinski definition) is 5. The molecule has 0 unspecified atom stereocenters. The van der Waals surface area contributed by atoms with Gasteiger partial charge < -0.3 is 15.0 Å². The van der Waals surface area contributed by atoms with Gasteiger partial charge in [-0.3, -0.25) is 0 Å². The van der Waals surface area contributed by atoms with Gasteiger partial charge in [0.05, 0.1) is 0 Å².